The molecule has 2 aromatic heterocycles. The van der Waals surface area contributed by atoms with Crippen molar-refractivity contribution in [2.24, 2.45) is 0 Å². The van der Waals surface area contributed by atoms with Gasteiger partial charge in [0.25, 0.3) is 0 Å². The van der Waals surface area contributed by atoms with Crippen LogP contribution < -0.4 is 0 Å². The molecule has 0 aliphatic rings. The lowest BCUT2D eigenvalue weighted by Gasteiger charge is -2.15. The molecule has 3 nitrogen and oxygen atoms in total. The van der Waals surface area contributed by atoms with Crippen LogP contribution in [0.15, 0.2) is 199 Å². The van der Waals surface area contributed by atoms with E-state index in [1.54, 1.807) is 0 Å². The van der Waals surface area contributed by atoms with E-state index >= 15 is 0 Å². The van der Waals surface area contributed by atoms with Gasteiger partial charge in [-0.1, -0.05) is 152 Å². The first-order chi connectivity index (χ1) is 26.2. The second-order valence-corrected chi connectivity index (χ2v) is 13.4. The molecule has 0 N–H and O–H groups in total. The number of hydrogen-bond acceptors (Lipinski definition) is 3. The first-order valence-corrected chi connectivity index (χ1v) is 17.9. The van der Waals surface area contributed by atoms with E-state index in [4.69, 9.17) is 14.4 Å². The van der Waals surface area contributed by atoms with Gasteiger partial charge in [0, 0.05) is 33.0 Å². The molecule has 2 heterocycles. The molecule has 0 unspecified atom stereocenters. The molecule has 0 bridgehead atoms. The molecule has 10 rings (SSSR count). The Morgan fingerprint density at radius 2 is 0.887 bits per heavy atom. The smallest absolute Gasteiger partial charge is 0.160 e. The lowest BCUT2D eigenvalue weighted by molar-refractivity contribution is 0.670. The molecule has 0 amide bonds. The van der Waals surface area contributed by atoms with Crippen molar-refractivity contribution in [1.29, 1.82) is 0 Å². The van der Waals surface area contributed by atoms with Crippen LogP contribution in [0, 0.1) is 0 Å². The summed E-state index contributed by atoms with van der Waals surface area (Å²) in [5.41, 5.74) is 13.2. The molecule has 0 saturated carbocycles. The van der Waals surface area contributed by atoms with Crippen LogP contribution in [0.2, 0.25) is 0 Å². The van der Waals surface area contributed by atoms with Gasteiger partial charge < -0.3 is 4.42 Å². The Balaban J connectivity index is 1.24. The van der Waals surface area contributed by atoms with E-state index < -0.39 is 0 Å². The highest BCUT2D eigenvalue weighted by atomic mass is 16.3. The fourth-order valence-electron chi connectivity index (χ4n) is 7.46. The summed E-state index contributed by atoms with van der Waals surface area (Å²) in [7, 11) is 0. The van der Waals surface area contributed by atoms with Crippen LogP contribution in [0.5, 0.6) is 0 Å². The van der Waals surface area contributed by atoms with Gasteiger partial charge >= 0.3 is 0 Å². The molecule has 0 fully saturated rings. The number of aromatic nitrogens is 2. The lowest BCUT2D eigenvalue weighted by atomic mass is 9.91. The Morgan fingerprint density at radius 1 is 0.321 bits per heavy atom. The maximum atomic E-state index is 6.54. The monoisotopic (exact) mass is 676 g/mol. The van der Waals surface area contributed by atoms with Gasteiger partial charge in [0.1, 0.15) is 11.2 Å². The summed E-state index contributed by atoms with van der Waals surface area (Å²) in [4.78, 5) is 10.5. The molecule has 3 heteroatoms. The molecule has 0 atom stereocenters. The molecule has 8 aromatic carbocycles. The summed E-state index contributed by atoms with van der Waals surface area (Å²) in [5.74, 6) is 0.690. The average Bonchev–Trinajstić information content (AvgIpc) is 3.62. The van der Waals surface area contributed by atoms with Gasteiger partial charge in [-0.25, -0.2) is 9.97 Å². The SMILES string of the molecule is c1ccc(-c2cc(-c3cc(-c4ccccc4)c4oc5ccccc5c4c3)cc(-c3cc(-c4cccc5ccccc45)nc(-c4ccccc4)n3)c2)cc1. The first kappa shape index (κ1) is 30.7. The van der Waals surface area contributed by atoms with Crippen molar-refractivity contribution in [2.45, 2.75) is 0 Å². The van der Waals surface area contributed by atoms with Crippen molar-refractivity contribution in [3.63, 3.8) is 0 Å². The second-order valence-electron chi connectivity index (χ2n) is 13.4. The minimum atomic E-state index is 0.690. The van der Waals surface area contributed by atoms with Gasteiger partial charge in [0.2, 0.25) is 0 Å². The number of rotatable bonds is 6. The second kappa shape index (κ2) is 12.9. The minimum absolute atomic E-state index is 0.690. The molecule has 10 aromatic rings. The van der Waals surface area contributed by atoms with Gasteiger partial charge in [0.15, 0.2) is 5.82 Å². The van der Waals surface area contributed by atoms with E-state index in [1.165, 1.54) is 5.39 Å². The van der Waals surface area contributed by atoms with E-state index in [0.29, 0.717) is 5.82 Å². The Hall–Kier alpha value is -7.10. The normalized spacial score (nSPS) is 11.4. The third kappa shape index (κ3) is 5.65. The zero-order valence-corrected chi connectivity index (χ0v) is 28.8. The number of hydrogen-bond donors (Lipinski definition) is 0. The summed E-state index contributed by atoms with van der Waals surface area (Å²) in [5, 5.41) is 4.53. The van der Waals surface area contributed by atoms with E-state index in [2.05, 4.69) is 164 Å². The molecule has 0 aliphatic heterocycles. The predicted octanol–water partition coefficient (Wildman–Crippen LogP) is 13.5. The number of furan rings is 1. The lowest BCUT2D eigenvalue weighted by Crippen LogP contribution is -1.97. The Morgan fingerprint density at radius 3 is 1.66 bits per heavy atom. The fourth-order valence-corrected chi connectivity index (χ4v) is 7.46. The van der Waals surface area contributed by atoms with Crippen LogP contribution in [-0.2, 0) is 0 Å². The van der Waals surface area contributed by atoms with Crippen molar-refractivity contribution < 1.29 is 4.42 Å². The van der Waals surface area contributed by atoms with E-state index in [1.807, 2.05) is 30.3 Å². The Bertz CT molecular complexity index is 2930. The largest absolute Gasteiger partial charge is 0.455 e. The quantitative estimate of drug-likeness (QED) is 0.176. The molecule has 248 valence electrons. The fraction of sp³-hybridized carbons (Fsp3) is 0. The van der Waals surface area contributed by atoms with Crippen LogP contribution in [0.4, 0.5) is 0 Å². The summed E-state index contributed by atoms with van der Waals surface area (Å²) in [6.07, 6.45) is 0. The first-order valence-electron chi connectivity index (χ1n) is 17.9. The van der Waals surface area contributed by atoms with E-state index in [0.717, 1.165) is 88.8 Å². The highest BCUT2D eigenvalue weighted by Crippen LogP contribution is 2.42. The summed E-state index contributed by atoms with van der Waals surface area (Å²) >= 11 is 0. The zero-order chi connectivity index (χ0) is 35.1. The third-order valence-electron chi connectivity index (χ3n) is 10.1. The number of benzene rings is 8. The highest BCUT2D eigenvalue weighted by molar-refractivity contribution is 6.11. The number of fused-ring (bicyclic) bond motifs is 4. The van der Waals surface area contributed by atoms with Crippen molar-refractivity contribution >= 4 is 32.7 Å². The van der Waals surface area contributed by atoms with Crippen LogP contribution in [-0.4, -0.2) is 9.97 Å². The van der Waals surface area contributed by atoms with Crippen LogP contribution in [0.25, 0.3) is 100.0 Å². The minimum Gasteiger partial charge on any atom is -0.455 e. The topological polar surface area (TPSA) is 38.9 Å². The van der Waals surface area contributed by atoms with E-state index in [9.17, 15) is 0 Å². The van der Waals surface area contributed by atoms with Gasteiger partial charge in [-0.3, -0.25) is 0 Å². The Labute approximate surface area is 307 Å². The molecular formula is C50H32N2O. The molecule has 0 aliphatic carbocycles. The molecule has 0 spiro atoms. The van der Waals surface area contributed by atoms with Gasteiger partial charge in [-0.05, 0) is 81.1 Å². The van der Waals surface area contributed by atoms with Gasteiger partial charge in [0.05, 0.1) is 11.4 Å². The number of nitrogens with zero attached hydrogens (tertiary/aromatic N) is 2. The van der Waals surface area contributed by atoms with Crippen LogP contribution in [0.1, 0.15) is 0 Å². The summed E-state index contributed by atoms with van der Waals surface area (Å²) in [6, 6.07) is 68.1. The summed E-state index contributed by atoms with van der Waals surface area (Å²) in [6.45, 7) is 0. The third-order valence-corrected chi connectivity index (χ3v) is 10.1. The van der Waals surface area contributed by atoms with Crippen LogP contribution in [0.3, 0.4) is 0 Å². The average molecular weight is 677 g/mol. The molecule has 0 saturated heterocycles. The van der Waals surface area contributed by atoms with E-state index in [-0.39, 0.29) is 0 Å². The van der Waals surface area contributed by atoms with Crippen LogP contribution >= 0.6 is 0 Å². The standard InChI is InChI=1S/C50H32N2O/c1-4-15-33(16-5-1)37-27-38(39-30-44(35-17-6-2-7-18-35)49-45(31-39)43-24-12-13-26-48(43)53-49)29-40(28-37)46-32-47(52-50(51-46)36-20-8-3-9-21-36)42-25-14-22-34-19-10-11-23-41(34)42/h1-32H. The molecule has 0 radical (unpaired) electrons. The zero-order valence-electron chi connectivity index (χ0n) is 28.8. The highest BCUT2D eigenvalue weighted by Gasteiger charge is 2.18. The maximum Gasteiger partial charge on any atom is 0.160 e. The van der Waals surface area contributed by atoms with Crippen molar-refractivity contribution in [1.82, 2.24) is 9.97 Å². The summed E-state index contributed by atoms with van der Waals surface area (Å²) < 4.78 is 6.54. The number of para-hydroxylation sites is 1. The van der Waals surface area contributed by atoms with Crippen molar-refractivity contribution in [3.8, 4) is 67.3 Å². The maximum absolute atomic E-state index is 6.54. The van der Waals surface area contributed by atoms with Gasteiger partial charge in [-0.15, -0.1) is 0 Å². The Kier molecular flexibility index (Phi) is 7.47. The predicted molar refractivity (Wildman–Crippen MR) is 219 cm³/mol. The van der Waals surface area contributed by atoms with Gasteiger partial charge in [-0.2, -0.15) is 0 Å². The van der Waals surface area contributed by atoms with Crippen molar-refractivity contribution in [3.05, 3.63) is 194 Å². The molecular weight excluding hydrogens is 645 g/mol. The van der Waals surface area contributed by atoms with Crippen molar-refractivity contribution in [2.75, 3.05) is 0 Å². The molecule has 53 heavy (non-hydrogen) atoms.